The van der Waals surface area contributed by atoms with Crippen molar-refractivity contribution < 1.29 is 22.7 Å². The molecule has 0 radical (unpaired) electrons. The molecule has 2 nitrogen and oxygen atoms in total. The van der Waals surface area contributed by atoms with Crippen molar-refractivity contribution in [2.75, 3.05) is 6.61 Å². The van der Waals surface area contributed by atoms with Gasteiger partial charge in [0.15, 0.2) is 17.5 Å². The molecule has 1 aromatic carbocycles. The Balaban J connectivity index is 2.66. The minimum absolute atomic E-state index is 0.144. The Labute approximate surface area is 97.4 Å². The average Bonchev–Trinajstić information content (AvgIpc) is 2.31. The number of hydrogen-bond donors (Lipinski definition) is 0. The van der Waals surface area contributed by atoms with Crippen LogP contribution >= 0.6 is 0 Å². The van der Waals surface area contributed by atoms with Gasteiger partial charge in [0.05, 0.1) is 12.2 Å². The Morgan fingerprint density at radius 2 is 1.88 bits per heavy atom. The average molecular weight is 246 g/mol. The van der Waals surface area contributed by atoms with Gasteiger partial charge in [-0.15, -0.1) is 0 Å². The van der Waals surface area contributed by atoms with Gasteiger partial charge in [-0.25, -0.2) is 18.0 Å². The van der Waals surface area contributed by atoms with Crippen molar-refractivity contribution in [2.24, 2.45) is 0 Å². The van der Waals surface area contributed by atoms with Gasteiger partial charge in [-0.05, 0) is 18.6 Å². The number of hydrogen-bond acceptors (Lipinski definition) is 2. The van der Waals surface area contributed by atoms with E-state index in [2.05, 4.69) is 0 Å². The van der Waals surface area contributed by atoms with Crippen molar-refractivity contribution in [3.8, 4) is 0 Å². The van der Waals surface area contributed by atoms with E-state index < -0.39 is 29.0 Å². The molecule has 0 amide bonds. The molecule has 0 fully saturated rings. The Kier molecular flexibility index (Phi) is 5.00. The van der Waals surface area contributed by atoms with E-state index in [0.717, 1.165) is 18.9 Å². The zero-order chi connectivity index (χ0) is 12.8. The summed E-state index contributed by atoms with van der Waals surface area (Å²) in [5, 5.41) is 0. The third-order valence-corrected chi connectivity index (χ3v) is 2.24. The fraction of sp³-hybridized carbons (Fsp3) is 0.417. The van der Waals surface area contributed by atoms with E-state index in [1.165, 1.54) is 0 Å². The summed E-state index contributed by atoms with van der Waals surface area (Å²) in [5.74, 6) is -5.47. The van der Waals surface area contributed by atoms with Gasteiger partial charge in [0.1, 0.15) is 0 Å². The van der Waals surface area contributed by atoms with Crippen LogP contribution in [0.4, 0.5) is 13.2 Å². The Hall–Kier alpha value is -1.52. The Morgan fingerprint density at radius 1 is 1.18 bits per heavy atom. The van der Waals surface area contributed by atoms with Crippen LogP contribution in [0.5, 0.6) is 0 Å². The lowest BCUT2D eigenvalue weighted by atomic mass is 10.2. The van der Waals surface area contributed by atoms with Gasteiger partial charge in [0, 0.05) is 0 Å². The molecule has 0 N–H and O–H groups in total. The molecule has 0 saturated carbocycles. The maximum Gasteiger partial charge on any atom is 0.341 e. The number of ether oxygens (including phenoxy) is 1. The normalized spacial score (nSPS) is 10.4. The first-order chi connectivity index (χ1) is 8.07. The molecule has 0 aromatic heterocycles. The van der Waals surface area contributed by atoms with E-state index in [0.29, 0.717) is 12.5 Å². The molecule has 0 aliphatic heterocycles. The van der Waals surface area contributed by atoms with Crippen LogP contribution in [0.2, 0.25) is 0 Å². The number of halogens is 3. The molecule has 0 spiro atoms. The largest absolute Gasteiger partial charge is 0.462 e. The van der Waals surface area contributed by atoms with Gasteiger partial charge >= 0.3 is 5.97 Å². The van der Waals surface area contributed by atoms with Crippen molar-refractivity contribution in [3.05, 3.63) is 35.1 Å². The van der Waals surface area contributed by atoms with E-state index in [9.17, 15) is 18.0 Å². The van der Waals surface area contributed by atoms with Gasteiger partial charge in [-0.2, -0.15) is 0 Å². The Bertz CT molecular complexity index is 405. The molecule has 0 saturated heterocycles. The van der Waals surface area contributed by atoms with E-state index >= 15 is 0 Å². The highest BCUT2D eigenvalue weighted by atomic mass is 19.2. The van der Waals surface area contributed by atoms with Crippen LogP contribution in [0, 0.1) is 17.5 Å². The van der Waals surface area contributed by atoms with Crippen LogP contribution < -0.4 is 0 Å². The highest BCUT2D eigenvalue weighted by Gasteiger charge is 2.19. The summed E-state index contributed by atoms with van der Waals surface area (Å²) < 4.78 is 43.4. The van der Waals surface area contributed by atoms with Crippen LogP contribution in [0.15, 0.2) is 12.1 Å². The fourth-order valence-corrected chi connectivity index (χ4v) is 1.28. The molecule has 94 valence electrons. The molecule has 0 aliphatic carbocycles. The number of carbonyl (C=O) groups is 1. The molecule has 0 aliphatic rings. The smallest absolute Gasteiger partial charge is 0.341 e. The molecule has 1 rings (SSSR count). The van der Waals surface area contributed by atoms with E-state index in [-0.39, 0.29) is 6.61 Å². The summed E-state index contributed by atoms with van der Waals surface area (Å²) in [5.41, 5.74) is -0.583. The quantitative estimate of drug-likeness (QED) is 0.452. The number of carbonyl (C=O) groups excluding carboxylic acids is 1. The summed E-state index contributed by atoms with van der Waals surface area (Å²) in [6.45, 7) is 2.13. The monoisotopic (exact) mass is 246 g/mol. The van der Waals surface area contributed by atoms with Crippen molar-refractivity contribution in [2.45, 2.75) is 26.2 Å². The summed E-state index contributed by atoms with van der Waals surface area (Å²) in [6.07, 6.45) is 2.50. The van der Waals surface area contributed by atoms with Crippen LogP contribution in [-0.2, 0) is 4.74 Å². The second kappa shape index (κ2) is 6.27. The number of benzene rings is 1. The first kappa shape index (κ1) is 13.5. The number of unbranched alkanes of at least 4 members (excludes halogenated alkanes) is 2. The highest BCUT2D eigenvalue weighted by molar-refractivity contribution is 5.89. The van der Waals surface area contributed by atoms with Crippen LogP contribution in [0.1, 0.15) is 36.5 Å². The molecule has 0 atom stereocenters. The lowest BCUT2D eigenvalue weighted by Crippen LogP contribution is -2.10. The number of rotatable bonds is 5. The first-order valence-electron chi connectivity index (χ1n) is 5.38. The van der Waals surface area contributed by atoms with Gasteiger partial charge in [0.2, 0.25) is 0 Å². The predicted molar refractivity (Wildman–Crippen MR) is 56.1 cm³/mol. The third-order valence-electron chi connectivity index (χ3n) is 2.24. The molecular formula is C12H13F3O2. The molecule has 0 heterocycles. The predicted octanol–water partition coefficient (Wildman–Crippen LogP) is 3.45. The second-order valence-corrected chi connectivity index (χ2v) is 3.57. The first-order valence-corrected chi connectivity index (χ1v) is 5.38. The van der Waals surface area contributed by atoms with E-state index in [4.69, 9.17) is 4.74 Å². The summed E-state index contributed by atoms with van der Waals surface area (Å²) in [6, 6.07) is 1.57. The second-order valence-electron chi connectivity index (χ2n) is 3.57. The minimum atomic E-state index is -1.66. The van der Waals surface area contributed by atoms with Crippen molar-refractivity contribution in [3.63, 3.8) is 0 Å². The molecule has 17 heavy (non-hydrogen) atoms. The van der Waals surface area contributed by atoms with Gasteiger partial charge < -0.3 is 4.74 Å². The fourth-order valence-electron chi connectivity index (χ4n) is 1.28. The number of esters is 1. The molecular weight excluding hydrogens is 233 g/mol. The van der Waals surface area contributed by atoms with Gasteiger partial charge in [-0.3, -0.25) is 0 Å². The summed E-state index contributed by atoms with van der Waals surface area (Å²) in [7, 11) is 0. The maximum absolute atomic E-state index is 13.2. The molecule has 0 bridgehead atoms. The van der Waals surface area contributed by atoms with Crippen LogP contribution in [0.3, 0.4) is 0 Å². The van der Waals surface area contributed by atoms with Crippen molar-refractivity contribution >= 4 is 5.97 Å². The lowest BCUT2D eigenvalue weighted by molar-refractivity contribution is 0.0491. The maximum atomic E-state index is 13.2. The van der Waals surface area contributed by atoms with Crippen molar-refractivity contribution in [1.82, 2.24) is 0 Å². The van der Waals surface area contributed by atoms with E-state index in [1.54, 1.807) is 0 Å². The zero-order valence-electron chi connectivity index (χ0n) is 9.43. The summed E-state index contributed by atoms with van der Waals surface area (Å²) in [4.78, 5) is 11.3. The zero-order valence-corrected chi connectivity index (χ0v) is 9.43. The molecule has 1 aromatic rings. The van der Waals surface area contributed by atoms with Gasteiger partial charge in [-0.1, -0.05) is 19.8 Å². The van der Waals surface area contributed by atoms with Crippen LogP contribution in [0.25, 0.3) is 0 Å². The molecule has 0 unspecified atom stereocenters. The van der Waals surface area contributed by atoms with E-state index in [1.807, 2.05) is 6.92 Å². The topological polar surface area (TPSA) is 26.3 Å². The summed E-state index contributed by atoms with van der Waals surface area (Å²) >= 11 is 0. The molecule has 5 heteroatoms. The van der Waals surface area contributed by atoms with Crippen molar-refractivity contribution in [1.29, 1.82) is 0 Å². The standard InChI is InChI=1S/C12H13F3O2/c1-2-3-4-7-17-12(16)8-5-6-9(13)11(15)10(8)14/h5-6H,2-4,7H2,1H3. The third kappa shape index (κ3) is 3.47. The minimum Gasteiger partial charge on any atom is -0.462 e. The Morgan fingerprint density at radius 3 is 2.53 bits per heavy atom. The SMILES string of the molecule is CCCCCOC(=O)c1ccc(F)c(F)c1F. The lowest BCUT2D eigenvalue weighted by Gasteiger charge is -2.05. The highest BCUT2D eigenvalue weighted by Crippen LogP contribution is 2.16. The van der Waals surface area contributed by atoms with Gasteiger partial charge in [0.25, 0.3) is 0 Å². The van der Waals surface area contributed by atoms with Crippen LogP contribution in [-0.4, -0.2) is 12.6 Å².